The molecule has 0 radical (unpaired) electrons. The third-order valence-electron chi connectivity index (χ3n) is 6.39. The van der Waals surface area contributed by atoms with E-state index in [1.54, 1.807) is 4.90 Å². The number of nitrogens with zero attached hydrogens (tertiary/aromatic N) is 3. The van der Waals surface area contributed by atoms with E-state index in [0.29, 0.717) is 29.6 Å². The zero-order valence-corrected chi connectivity index (χ0v) is 20.3. The summed E-state index contributed by atoms with van der Waals surface area (Å²) in [5.41, 5.74) is 4.93. The average molecular weight is 468 g/mol. The van der Waals surface area contributed by atoms with Crippen LogP contribution in [0.1, 0.15) is 27.9 Å². The smallest absolute Gasteiger partial charge is 0.243 e. The number of aromatic nitrogens is 1. The van der Waals surface area contributed by atoms with E-state index in [0.717, 1.165) is 27.8 Å². The second-order valence-corrected chi connectivity index (χ2v) is 10.4. The number of amides is 1. The van der Waals surface area contributed by atoms with Crippen LogP contribution in [0.25, 0.3) is 11.5 Å². The van der Waals surface area contributed by atoms with E-state index >= 15 is 0 Å². The van der Waals surface area contributed by atoms with Gasteiger partial charge < -0.3 is 9.32 Å². The lowest BCUT2D eigenvalue weighted by Crippen LogP contribution is -2.51. The van der Waals surface area contributed by atoms with Crippen molar-refractivity contribution in [2.24, 2.45) is 0 Å². The Balaban J connectivity index is 1.42. The third kappa shape index (κ3) is 4.58. The van der Waals surface area contributed by atoms with Gasteiger partial charge in [0.05, 0.1) is 17.0 Å². The minimum Gasteiger partial charge on any atom is -0.444 e. The van der Waals surface area contributed by atoms with Gasteiger partial charge in [0.2, 0.25) is 21.8 Å². The molecule has 174 valence electrons. The fourth-order valence-corrected chi connectivity index (χ4v) is 6.24. The highest BCUT2D eigenvalue weighted by molar-refractivity contribution is 7.89. The Labute approximate surface area is 195 Å². The lowest BCUT2D eigenvalue weighted by atomic mass is 10.0. The zero-order chi connectivity index (χ0) is 23.8. The highest BCUT2D eigenvalue weighted by Gasteiger charge is 2.33. The fraction of sp³-hybridized carbons (Fsp3) is 0.360. The van der Waals surface area contributed by atoms with E-state index in [4.69, 9.17) is 4.42 Å². The Kier molecular flexibility index (Phi) is 6.41. The fourth-order valence-electron chi connectivity index (χ4n) is 4.24. The molecule has 0 aliphatic carbocycles. The Bertz CT molecular complexity index is 1250. The maximum atomic E-state index is 13.4. The van der Waals surface area contributed by atoms with Gasteiger partial charge in [-0.25, -0.2) is 13.4 Å². The number of carbonyl (C=O) groups is 1. The van der Waals surface area contributed by atoms with Crippen LogP contribution in [-0.2, 0) is 21.2 Å². The second-order valence-electron chi connectivity index (χ2n) is 8.56. The highest BCUT2D eigenvalue weighted by Crippen LogP contribution is 2.29. The lowest BCUT2D eigenvalue weighted by Gasteiger charge is -2.34. The maximum absolute atomic E-state index is 13.4. The summed E-state index contributed by atoms with van der Waals surface area (Å²) in [6.45, 7) is 8.83. The molecule has 0 saturated carbocycles. The number of rotatable bonds is 5. The molecule has 0 spiro atoms. The van der Waals surface area contributed by atoms with Gasteiger partial charge in [-0.1, -0.05) is 24.3 Å². The summed E-state index contributed by atoms with van der Waals surface area (Å²) in [4.78, 5) is 19.3. The first-order chi connectivity index (χ1) is 15.7. The molecular weight excluding hydrogens is 438 g/mol. The second kappa shape index (κ2) is 9.11. The summed E-state index contributed by atoms with van der Waals surface area (Å²) in [6, 6.07) is 11.5. The number of sulfonamides is 1. The quantitative estimate of drug-likeness (QED) is 0.572. The van der Waals surface area contributed by atoms with Gasteiger partial charge in [0.15, 0.2) is 0 Å². The van der Waals surface area contributed by atoms with Crippen LogP contribution in [0.2, 0.25) is 0 Å². The summed E-state index contributed by atoms with van der Waals surface area (Å²) in [5, 5.41) is 0. The first-order valence-corrected chi connectivity index (χ1v) is 12.5. The molecule has 1 aliphatic rings. The van der Waals surface area contributed by atoms with Gasteiger partial charge in [-0.15, -0.1) is 0 Å². The maximum Gasteiger partial charge on any atom is 0.243 e. The van der Waals surface area contributed by atoms with Crippen LogP contribution in [-0.4, -0.2) is 54.7 Å². The van der Waals surface area contributed by atoms with Crippen molar-refractivity contribution in [3.63, 3.8) is 0 Å². The molecule has 4 rings (SSSR count). The molecule has 1 aromatic heterocycles. The highest BCUT2D eigenvalue weighted by atomic mass is 32.2. The molecular formula is C25H29N3O4S. The summed E-state index contributed by atoms with van der Waals surface area (Å²) in [6.07, 6.45) is 1.63. The van der Waals surface area contributed by atoms with Crippen LogP contribution in [0.5, 0.6) is 0 Å². The Morgan fingerprint density at radius 2 is 1.58 bits per heavy atom. The molecule has 8 heteroatoms. The van der Waals surface area contributed by atoms with Crippen LogP contribution >= 0.6 is 0 Å². The van der Waals surface area contributed by atoms with Crippen molar-refractivity contribution in [2.75, 3.05) is 26.2 Å². The van der Waals surface area contributed by atoms with E-state index in [1.807, 2.05) is 64.1 Å². The molecule has 1 aliphatic heterocycles. The zero-order valence-electron chi connectivity index (χ0n) is 19.5. The first kappa shape index (κ1) is 23.2. The van der Waals surface area contributed by atoms with Gasteiger partial charge in [-0.3, -0.25) is 4.79 Å². The SMILES string of the molecule is Cc1cc(C)c(C)c(S(=O)(=O)N2CCN(C(=O)Cc3coc(-c4ccccc4)n3)CC2)c1C. The standard InChI is InChI=1S/C25H29N3O4S/c1-17-14-18(2)20(4)24(19(17)3)33(30,31)28-12-10-27(11-13-28)23(29)15-22-16-32-25(26-22)21-8-6-5-7-9-21/h5-9,14,16H,10-13,15H2,1-4H3. The van der Waals surface area contributed by atoms with E-state index < -0.39 is 10.0 Å². The van der Waals surface area contributed by atoms with Crippen LogP contribution in [0.15, 0.2) is 52.0 Å². The third-order valence-corrected chi connectivity index (χ3v) is 8.56. The lowest BCUT2D eigenvalue weighted by molar-refractivity contribution is -0.131. The minimum atomic E-state index is -3.64. The van der Waals surface area contributed by atoms with Crippen molar-refractivity contribution >= 4 is 15.9 Å². The molecule has 2 aromatic carbocycles. The Hall–Kier alpha value is -2.97. The largest absolute Gasteiger partial charge is 0.444 e. The molecule has 1 fully saturated rings. The summed E-state index contributed by atoms with van der Waals surface area (Å²) >= 11 is 0. The van der Waals surface area contributed by atoms with E-state index in [9.17, 15) is 13.2 Å². The van der Waals surface area contributed by atoms with Gasteiger partial charge in [-0.05, 0) is 62.1 Å². The number of aryl methyl sites for hydroxylation is 2. The Morgan fingerprint density at radius 3 is 2.18 bits per heavy atom. The number of oxazole rings is 1. The van der Waals surface area contributed by atoms with Gasteiger partial charge in [0.1, 0.15) is 6.26 Å². The van der Waals surface area contributed by atoms with E-state index in [1.165, 1.54) is 10.6 Å². The normalized spacial score (nSPS) is 15.1. The number of benzene rings is 2. The topological polar surface area (TPSA) is 83.7 Å². The summed E-state index contributed by atoms with van der Waals surface area (Å²) < 4.78 is 33.9. The van der Waals surface area contributed by atoms with Crippen molar-refractivity contribution < 1.29 is 17.6 Å². The van der Waals surface area contributed by atoms with Gasteiger partial charge in [0, 0.05) is 31.7 Å². The molecule has 0 unspecified atom stereocenters. The monoisotopic (exact) mass is 467 g/mol. The predicted molar refractivity (Wildman–Crippen MR) is 126 cm³/mol. The van der Waals surface area contributed by atoms with E-state index in [-0.39, 0.29) is 25.4 Å². The van der Waals surface area contributed by atoms with Crippen LogP contribution < -0.4 is 0 Å². The average Bonchev–Trinajstić information content (AvgIpc) is 3.27. The number of hydrogen-bond donors (Lipinski definition) is 0. The number of hydrogen-bond acceptors (Lipinski definition) is 5. The molecule has 0 N–H and O–H groups in total. The summed E-state index contributed by atoms with van der Waals surface area (Å²) in [7, 11) is -3.64. The molecule has 0 atom stereocenters. The predicted octanol–water partition coefficient (Wildman–Crippen LogP) is 3.65. The van der Waals surface area contributed by atoms with Gasteiger partial charge in [0.25, 0.3) is 0 Å². The van der Waals surface area contributed by atoms with Crippen LogP contribution in [0.4, 0.5) is 0 Å². The number of carbonyl (C=O) groups excluding carboxylic acids is 1. The van der Waals surface area contributed by atoms with Gasteiger partial charge >= 0.3 is 0 Å². The summed E-state index contributed by atoms with van der Waals surface area (Å²) in [5.74, 6) is 0.396. The van der Waals surface area contributed by atoms with Crippen LogP contribution in [0, 0.1) is 27.7 Å². The van der Waals surface area contributed by atoms with Crippen molar-refractivity contribution in [3.8, 4) is 11.5 Å². The van der Waals surface area contributed by atoms with Gasteiger partial charge in [-0.2, -0.15) is 4.31 Å². The van der Waals surface area contributed by atoms with Crippen molar-refractivity contribution in [1.29, 1.82) is 0 Å². The molecule has 2 heterocycles. The molecule has 0 bridgehead atoms. The van der Waals surface area contributed by atoms with Crippen molar-refractivity contribution in [2.45, 2.75) is 39.0 Å². The van der Waals surface area contributed by atoms with Crippen molar-refractivity contribution in [3.05, 3.63) is 70.6 Å². The molecule has 33 heavy (non-hydrogen) atoms. The molecule has 7 nitrogen and oxygen atoms in total. The van der Waals surface area contributed by atoms with E-state index in [2.05, 4.69) is 4.98 Å². The molecule has 1 saturated heterocycles. The number of piperazine rings is 1. The minimum absolute atomic E-state index is 0.0845. The molecule has 1 amide bonds. The van der Waals surface area contributed by atoms with Crippen molar-refractivity contribution in [1.82, 2.24) is 14.2 Å². The molecule has 3 aromatic rings. The first-order valence-electron chi connectivity index (χ1n) is 11.0. The van der Waals surface area contributed by atoms with Crippen LogP contribution in [0.3, 0.4) is 0 Å². The Morgan fingerprint density at radius 1 is 0.970 bits per heavy atom.